The average molecular weight is 435 g/mol. The summed E-state index contributed by atoms with van der Waals surface area (Å²) in [7, 11) is 1.69. The average Bonchev–Trinajstić information content (AvgIpc) is 3.28. The second kappa shape index (κ2) is 7.49. The lowest BCUT2D eigenvalue weighted by atomic mass is 9.96. The maximum atomic E-state index is 15.1. The van der Waals surface area contributed by atoms with Crippen molar-refractivity contribution in [1.82, 2.24) is 19.7 Å². The minimum Gasteiger partial charge on any atom is -0.389 e. The van der Waals surface area contributed by atoms with Crippen LogP contribution in [0.25, 0.3) is 22.0 Å². The molecule has 4 aromatic rings. The predicted molar refractivity (Wildman–Crippen MR) is 115 cm³/mol. The highest BCUT2D eigenvalue weighted by Crippen LogP contribution is 2.34. The van der Waals surface area contributed by atoms with Crippen LogP contribution in [-0.4, -0.2) is 30.7 Å². The van der Waals surface area contributed by atoms with E-state index >= 15 is 8.78 Å². The van der Waals surface area contributed by atoms with E-state index < -0.39 is 17.7 Å². The van der Waals surface area contributed by atoms with Crippen LogP contribution in [0.5, 0.6) is 0 Å². The van der Waals surface area contributed by atoms with Crippen molar-refractivity contribution in [2.75, 3.05) is 0 Å². The number of amides is 1. The van der Waals surface area contributed by atoms with Crippen molar-refractivity contribution in [3.05, 3.63) is 82.8 Å². The van der Waals surface area contributed by atoms with Crippen LogP contribution in [0, 0.1) is 11.6 Å². The molecule has 1 amide bonds. The Morgan fingerprint density at radius 3 is 2.66 bits per heavy atom. The summed E-state index contributed by atoms with van der Waals surface area (Å²) in [5, 5.41) is 15.0. The molecule has 0 fully saturated rings. The molecule has 32 heavy (non-hydrogen) atoms. The van der Waals surface area contributed by atoms with Gasteiger partial charge in [-0.05, 0) is 42.3 Å². The minimum absolute atomic E-state index is 0.195. The number of hydrogen-bond acceptors (Lipinski definition) is 4. The fourth-order valence-electron chi connectivity index (χ4n) is 4.17. The van der Waals surface area contributed by atoms with Gasteiger partial charge in [-0.3, -0.25) is 14.5 Å². The van der Waals surface area contributed by atoms with Crippen LogP contribution < -0.4 is 0 Å². The number of aliphatic hydroxyl groups is 1. The Labute approximate surface area is 184 Å². The van der Waals surface area contributed by atoms with Gasteiger partial charge >= 0.3 is 0 Å². The number of pyridine rings is 1. The monoisotopic (exact) mass is 435 g/mol. The third kappa shape index (κ3) is 3.23. The number of halogens is 2. The Kier molecular flexibility index (Phi) is 4.46. The topological polar surface area (TPSA) is 71.2 Å². The molecule has 0 saturated heterocycles. The SMILES string of the molecule is [2H]C(C)(O)c1ccc(-c2cc(F)c(CN3Cc4ncccc4C3=O)c(F)c2)c2cn(C)nc12. The van der Waals surface area contributed by atoms with Crippen LogP contribution in [0.2, 0.25) is 0 Å². The zero-order valence-electron chi connectivity index (χ0n) is 18.4. The summed E-state index contributed by atoms with van der Waals surface area (Å²) >= 11 is 0. The maximum absolute atomic E-state index is 15.1. The molecule has 0 radical (unpaired) electrons. The van der Waals surface area contributed by atoms with Crippen LogP contribution >= 0.6 is 0 Å². The number of hydrogen-bond donors (Lipinski definition) is 1. The third-order valence-corrected chi connectivity index (χ3v) is 5.73. The van der Waals surface area contributed by atoms with Crippen molar-refractivity contribution in [3.63, 3.8) is 0 Å². The first-order chi connectivity index (χ1) is 15.6. The molecular weight excluding hydrogens is 414 g/mol. The van der Waals surface area contributed by atoms with Gasteiger partial charge in [0.25, 0.3) is 5.91 Å². The molecule has 0 saturated carbocycles. The summed E-state index contributed by atoms with van der Waals surface area (Å²) in [5.41, 5.74) is 2.31. The Balaban J connectivity index is 1.53. The minimum atomic E-state index is -1.87. The summed E-state index contributed by atoms with van der Waals surface area (Å²) < 4.78 is 39.7. The predicted octanol–water partition coefficient (Wildman–Crippen LogP) is 4.12. The molecule has 1 aliphatic rings. The van der Waals surface area contributed by atoms with Gasteiger partial charge in [0.15, 0.2) is 0 Å². The van der Waals surface area contributed by atoms with Gasteiger partial charge in [0, 0.05) is 36.0 Å². The van der Waals surface area contributed by atoms with Gasteiger partial charge in [0.05, 0.1) is 37.3 Å². The van der Waals surface area contributed by atoms with E-state index in [1.54, 1.807) is 37.6 Å². The fraction of sp³-hybridized carbons (Fsp3) is 0.208. The molecule has 1 atom stereocenters. The molecule has 1 unspecified atom stereocenters. The second-order valence-electron chi connectivity index (χ2n) is 7.89. The Morgan fingerprint density at radius 2 is 1.97 bits per heavy atom. The third-order valence-electron chi connectivity index (χ3n) is 5.73. The summed E-state index contributed by atoms with van der Waals surface area (Å²) in [6.07, 6.45) is 1.38. The lowest BCUT2D eigenvalue weighted by Crippen LogP contribution is -2.24. The lowest BCUT2D eigenvalue weighted by Gasteiger charge is -2.17. The fourth-order valence-corrected chi connectivity index (χ4v) is 4.17. The molecule has 1 aliphatic heterocycles. The molecule has 8 heteroatoms. The Morgan fingerprint density at radius 1 is 1.22 bits per heavy atom. The van der Waals surface area contributed by atoms with Gasteiger partial charge in [-0.25, -0.2) is 8.78 Å². The molecule has 2 aromatic heterocycles. The summed E-state index contributed by atoms with van der Waals surface area (Å²) in [4.78, 5) is 18.1. The molecule has 2 aromatic carbocycles. The highest BCUT2D eigenvalue weighted by atomic mass is 19.1. The van der Waals surface area contributed by atoms with Crippen LogP contribution in [-0.2, 0) is 20.1 Å². The van der Waals surface area contributed by atoms with Crippen molar-refractivity contribution in [3.8, 4) is 11.1 Å². The molecule has 0 aliphatic carbocycles. The van der Waals surface area contributed by atoms with E-state index in [0.29, 0.717) is 38.9 Å². The number of aryl methyl sites for hydroxylation is 1. The first-order valence-electron chi connectivity index (χ1n) is 10.5. The Hall–Kier alpha value is -3.65. The van der Waals surface area contributed by atoms with Gasteiger partial charge in [-0.15, -0.1) is 0 Å². The zero-order chi connectivity index (χ0) is 23.5. The number of benzene rings is 2. The summed E-state index contributed by atoms with van der Waals surface area (Å²) in [6, 6.07) is 8.91. The molecule has 3 heterocycles. The first-order valence-corrected chi connectivity index (χ1v) is 10.0. The number of rotatable bonds is 4. The van der Waals surface area contributed by atoms with Crippen LogP contribution in [0.15, 0.2) is 48.8 Å². The molecule has 162 valence electrons. The van der Waals surface area contributed by atoms with Crippen molar-refractivity contribution in [2.45, 2.75) is 26.1 Å². The van der Waals surface area contributed by atoms with Crippen LogP contribution in [0.3, 0.4) is 0 Å². The van der Waals surface area contributed by atoms with E-state index in [1.807, 2.05) is 0 Å². The first kappa shape index (κ1) is 19.1. The molecular formula is C24H20F2N4O2. The van der Waals surface area contributed by atoms with E-state index in [1.165, 1.54) is 34.7 Å². The van der Waals surface area contributed by atoms with E-state index in [2.05, 4.69) is 10.1 Å². The normalized spacial score (nSPS) is 15.7. The number of aromatic nitrogens is 3. The molecule has 1 N–H and O–H groups in total. The zero-order valence-corrected chi connectivity index (χ0v) is 17.4. The quantitative estimate of drug-likeness (QED) is 0.524. The van der Waals surface area contributed by atoms with Gasteiger partial charge < -0.3 is 10.0 Å². The highest BCUT2D eigenvalue weighted by molar-refractivity contribution is 5.98. The largest absolute Gasteiger partial charge is 0.389 e. The van der Waals surface area contributed by atoms with Gasteiger partial charge in [-0.2, -0.15) is 5.10 Å². The van der Waals surface area contributed by atoms with Crippen molar-refractivity contribution >= 4 is 16.8 Å². The number of carbonyl (C=O) groups excluding carboxylic acids is 1. The highest BCUT2D eigenvalue weighted by Gasteiger charge is 2.29. The van der Waals surface area contributed by atoms with Crippen LogP contribution in [0.1, 0.15) is 41.6 Å². The van der Waals surface area contributed by atoms with Crippen molar-refractivity contribution in [1.29, 1.82) is 0 Å². The van der Waals surface area contributed by atoms with E-state index in [4.69, 9.17) is 1.37 Å². The number of fused-ring (bicyclic) bond motifs is 2. The summed E-state index contributed by atoms with van der Waals surface area (Å²) in [5.74, 6) is -1.85. The number of nitrogens with zero attached hydrogens (tertiary/aromatic N) is 4. The lowest BCUT2D eigenvalue weighted by molar-refractivity contribution is 0.0763. The van der Waals surface area contributed by atoms with E-state index in [9.17, 15) is 9.90 Å². The second-order valence-corrected chi connectivity index (χ2v) is 7.89. The van der Waals surface area contributed by atoms with Gasteiger partial charge in [-0.1, -0.05) is 12.1 Å². The smallest absolute Gasteiger partial charge is 0.256 e. The maximum Gasteiger partial charge on any atom is 0.256 e. The number of carbonyl (C=O) groups is 1. The Bertz CT molecular complexity index is 1400. The van der Waals surface area contributed by atoms with E-state index in [0.717, 1.165) is 0 Å². The van der Waals surface area contributed by atoms with E-state index in [-0.39, 0.29) is 24.6 Å². The molecule has 0 spiro atoms. The standard InChI is InChI=1S/C24H20F2N4O2/c1-13(31)15-5-6-16(18-10-29(2)28-23(15)18)14-8-20(25)19(21(26)9-14)11-30-12-22-17(24(30)32)4-3-7-27-22/h3-10,13,31H,11-12H2,1-2H3/i13D. The van der Waals surface area contributed by atoms with Gasteiger partial charge in [0.1, 0.15) is 11.6 Å². The summed E-state index contributed by atoms with van der Waals surface area (Å²) in [6.45, 7) is 1.31. The molecule has 5 rings (SSSR count). The molecule has 6 nitrogen and oxygen atoms in total. The molecule has 0 bridgehead atoms. The van der Waals surface area contributed by atoms with Crippen molar-refractivity contribution < 1.29 is 20.1 Å². The van der Waals surface area contributed by atoms with Crippen molar-refractivity contribution in [2.24, 2.45) is 7.05 Å². The van der Waals surface area contributed by atoms with Gasteiger partial charge in [0.2, 0.25) is 0 Å². The van der Waals surface area contributed by atoms with Crippen LogP contribution in [0.4, 0.5) is 8.78 Å².